The molecule has 2 saturated heterocycles. The van der Waals surface area contributed by atoms with Gasteiger partial charge in [0.05, 0.1) is 56.4 Å². The first-order valence-electron chi connectivity index (χ1n) is 10.4. The highest BCUT2D eigenvalue weighted by Gasteiger charge is 2.45. The Bertz CT molecular complexity index is 548. The Kier molecular flexibility index (Phi) is 9.92. The summed E-state index contributed by atoms with van der Waals surface area (Å²) in [7, 11) is 0. The monoisotopic (exact) mass is 456 g/mol. The van der Waals surface area contributed by atoms with Crippen molar-refractivity contribution in [2.24, 2.45) is 5.92 Å². The topological polar surface area (TPSA) is 104 Å². The standard InChI is InChI=1S/C19H37O8PS/c1-11(2)23-9-16-18(7-13(5)26-16)29-28(21,22)24-10-17-19(25-12(3)4)15(8-20)14(6)27-17/h11-20H,7-10H2,1-6H3,(H,21,22)/t13-,14-,15?,16+,17+,18+,19+/m0/s1. The van der Waals surface area contributed by atoms with Crippen molar-refractivity contribution in [3.63, 3.8) is 0 Å². The van der Waals surface area contributed by atoms with Crippen LogP contribution >= 0.6 is 18.2 Å². The van der Waals surface area contributed by atoms with Gasteiger partial charge in [-0.25, -0.2) is 4.57 Å². The van der Waals surface area contributed by atoms with Crippen molar-refractivity contribution in [2.45, 2.75) is 95.9 Å². The summed E-state index contributed by atoms with van der Waals surface area (Å²) < 4.78 is 41.4. The van der Waals surface area contributed by atoms with Gasteiger partial charge >= 0.3 is 6.80 Å². The number of aliphatic hydroxyl groups is 1. The molecule has 2 unspecified atom stereocenters. The molecule has 2 fully saturated rings. The molecule has 2 heterocycles. The van der Waals surface area contributed by atoms with Crippen molar-refractivity contribution in [2.75, 3.05) is 19.8 Å². The minimum atomic E-state index is -3.93. The molecule has 172 valence electrons. The lowest BCUT2D eigenvalue weighted by atomic mass is 9.98. The summed E-state index contributed by atoms with van der Waals surface area (Å²) in [5.74, 6) is -0.196. The molecule has 2 rings (SSSR count). The van der Waals surface area contributed by atoms with E-state index in [9.17, 15) is 14.6 Å². The number of hydrogen-bond donors (Lipinski definition) is 2. The van der Waals surface area contributed by atoms with E-state index < -0.39 is 12.9 Å². The van der Waals surface area contributed by atoms with Crippen LogP contribution in [0.25, 0.3) is 0 Å². The number of hydrogen-bond acceptors (Lipinski definition) is 8. The maximum Gasteiger partial charge on any atom is 0.387 e. The van der Waals surface area contributed by atoms with Crippen molar-refractivity contribution < 1.29 is 38.0 Å². The normalized spacial score (nSPS) is 37.5. The average Bonchev–Trinajstić information content (AvgIpc) is 3.09. The molecular formula is C19H37O8PS. The molecule has 8 nitrogen and oxygen atoms in total. The molecule has 29 heavy (non-hydrogen) atoms. The average molecular weight is 457 g/mol. The van der Waals surface area contributed by atoms with Crippen molar-refractivity contribution in [3.8, 4) is 0 Å². The predicted molar refractivity (Wildman–Crippen MR) is 112 cm³/mol. The first kappa shape index (κ1) is 25.6. The molecule has 0 bridgehead atoms. The van der Waals surface area contributed by atoms with Crippen LogP contribution < -0.4 is 0 Å². The van der Waals surface area contributed by atoms with Gasteiger partial charge in [-0.15, -0.1) is 0 Å². The molecule has 0 spiro atoms. The molecule has 0 aromatic heterocycles. The van der Waals surface area contributed by atoms with Gasteiger partial charge in [0.25, 0.3) is 0 Å². The van der Waals surface area contributed by atoms with Crippen LogP contribution in [0, 0.1) is 5.92 Å². The Balaban J connectivity index is 1.93. The van der Waals surface area contributed by atoms with Crippen LogP contribution in [-0.4, -0.2) is 77.8 Å². The zero-order chi connectivity index (χ0) is 21.8. The molecular weight excluding hydrogens is 419 g/mol. The summed E-state index contributed by atoms with van der Waals surface area (Å²) in [6.07, 6.45) is -0.693. The van der Waals surface area contributed by atoms with E-state index in [1.165, 1.54) is 0 Å². The highest BCUT2D eigenvalue weighted by molar-refractivity contribution is 8.55. The summed E-state index contributed by atoms with van der Waals surface area (Å²) >= 11 is 0.917. The Labute approximate surface area is 178 Å². The van der Waals surface area contributed by atoms with Crippen LogP contribution in [0.4, 0.5) is 0 Å². The maximum atomic E-state index is 12.7. The lowest BCUT2D eigenvalue weighted by Crippen LogP contribution is -2.36. The minimum Gasteiger partial charge on any atom is -0.396 e. The van der Waals surface area contributed by atoms with Gasteiger partial charge in [0.2, 0.25) is 0 Å². The fourth-order valence-electron chi connectivity index (χ4n) is 3.72. The fourth-order valence-corrected chi connectivity index (χ4v) is 7.15. The minimum absolute atomic E-state index is 0.00131. The van der Waals surface area contributed by atoms with Gasteiger partial charge in [-0.1, -0.05) is 0 Å². The largest absolute Gasteiger partial charge is 0.396 e. The zero-order valence-corrected chi connectivity index (χ0v) is 19.9. The predicted octanol–water partition coefficient (Wildman–Crippen LogP) is 3.00. The number of ether oxygens (including phenoxy) is 4. The molecule has 2 aliphatic rings. The Morgan fingerprint density at radius 3 is 2.38 bits per heavy atom. The van der Waals surface area contributed by atoms with E-state index in [0.29, 0.717) is 13.0 Å². The summed E-state index contributed by atoms with van der Waals surface area (Å²) in [4.78, 5) is 10.4. The second kappa shape index (κ2) is 11.2. The van der Waals surface area contributed by atoms with E-state index in [0.717, 1.165) is 11.4 Å². The van der Waals surface area contributed by atoms with Crippen LogP contribution in [0.3, 0.4) is 0 Å². The lowest BCUT2D eigenvalue weighted by molar-refractivity contribution is -0.0670. The third kappa shape index (κ3) is 7.74. The van der Waals surface area contributed by atoms with Crippen LogP contribution in [0.15, 0.2) is 0 Å². The molecule has 2 N–H and O–H groups in total. The van der Waals surface area contributed by atoms with Crippen LogP contribution in [0.5, 0.6) is 0 Å². The van der Waals surface area contributed by atoms with E-state index in [-0.39, 0.29) is 61.0 Å². The van der Waals surface area contributed by atoms with Crippen LogP contribution in [0.2, 0.25) is 0 Å². The SMILES string of the molecule is CC(C)OC[C@H]1O[C@@H](C)C[C@H]1SP(=O)(O)OC[C@H]1O[C@@H](C)C(CO)[C@H]1OC(C)C. The van der Waals surface area contributed by atoms with Gasteiger partial charge in [-0.05, 0) is 59.3 Å². The summed E-state index contributed by atoms with van der Waals surface area (Å²) in [5.41, 5.74) is 0. The summed E-state index contributed by atoms with van der Waals surface area (Å²) in [6.45, 7) is 7.81. The Hall–Kier alpha value is 0.300. The molecule has 10 heteroatoms. The van der Waals surface area contributed by atoms with E-state index in [4.69, 9.17) is 23.5 Å². The molecule has 0 radical (unpaired) electrons. The highest BCUT2D eigenvalue weighted by Crippen LogP contribution is 2.60. The van der Waals surface area contributed by atoms with Crippen molar-refractivity contribution >= 4 is 18.2 Å². The maximum absolute atomic E-state index is 12.7. The van der Waals surface area contributed by atoms with Gasteiger partial charge in [0.15, 0.2) is 0 Å². The first-order chi connectivity index (χ1) is 13.5. The second-order valence-electron chi connectivity index (χ2n) is 8.39. The summed E-state index contributed by atoms with van der Waals surface area (Å²) in [5, 5.41) is 9.48. The quantitative estimate of drug-likeness (QED) is 0.454. The van der Waals surface area contributed by atoms with Gasteiger partial charge in [0, 0.05) is 11.2 Å². The Morgan fingerprint density at radius 1 is 1.10 bits per heavy atom. The van der Waals surface area contributed by atoms with E-state index >= 15 is 0 Å². The third-order valence-electron chi connectivity index (χ3n) is 5.07. The van der Waals surface area contributed by atoms with Gasteiger partial charge in [0.1, 0.15) is 6.10 Å². The second-order valence-corrected chi connectivity index (χ2v) is 12.4. The molecule has 0 amide bonds. The third-order valence-corrected chi connectivity index (χ3v) is 8.51. The van der Waals surface area contributed by atoms with E-state index in [1.807, 2.05) is 41.5 Å². The van der Waals surface area contributed by atoms with Crippen molar-refractivity contribution in [1.29, 1.82) is 0 Å². The van der Waals surface area contributed by atoms with Crippen LogP contribution in [0.1, 0.15) is 48.0 Å². The number of aliphatic hydroxyl groups excluding tert-OH is 1. The smallest absolute Gasteiger partial charge is 0.387 e. The van der Waals surface area contributed by atoms with Gasteiger partial charge in [-0.3, -0.25) is 4.52 Å². The van der Waals surface area contributed by atoms with Gasteiger partial charge in [-0.2, -0.15) is 0 Å². The molecule has 0 aliphatic carbocycles. The van der Waals surface area contributed by atoms with Crippen LogP contribution in [-0.2, 0) is 28.0 Å². The Morgan fingerprint density at radius 2 is 1.79 bits per heavy atom. The molecule has 8 atom stereocenters. The zero-order valence-electron chi connectivity index (χ0n) is 18.2. The highest BCUT2D eigenvalue weighted by atomic mass is 32.7. The first-order valence-corrected chi connectivity index (χ1v) is 13.4. The van der Waals surface area contributed by atoms with E-state index in [1.54, 1.807) is 0 Å². The summed E-state index contributed by atoms with van der Waals surface area (Å²) in [6, 6.07) is 0. The molecule has 0 aromatic carbocycles. The van der Waals surface area contributed by atoms with E-state index in [2.05, 4.69) is 0 Å². The molecule has 0 saturated carbocycles. The lowest BCUT2D eigenvalue weighted by Gasteiger charge is -2.26. The van der Waals surface area contributed by atoms with Crippen molar-refractivity contribution in [1.82, 2.24) is 0 Å². The fraction of sp³-hybridized carbons (Fsp3) is 1.00. The molecule has 2 aliphatic heterocycles. The number of rotatable bonds is 11. The van der Waals surface area contributed by atoms with Crippen molar-refractivity contribution in [3.05, 3.63) is 0 Å². The molecule has 0 aromatic rings. The van der Waals surface area contributed by atoms with Gasteiger partial charge < -0.3 is 28.9 Å².